The number of nitrogens with zero attached hydrogens (tertiary/aromatic N) is 6. The summed E-state index contributed by atoms with van der Waals surface area (Å²) >= 11 is 3.13. The van der Waals surface area contributed by atoms with Gasteiger partial charge in [0.15, 0.2) is 0 Å². The van der Waals surface area contributed by atoms with Crippen molar-refractivity contribution in [1.29, 1.82) is 5.26 Å². The number of alkyl halides is 3. The second-order valence-electron chi connectivity index (χ2n) is 6.37. The van der Waals surface area contributed by atoms with Gasteiger partial charge in [0.05, 0.1) is 11.3 Å². The highest BCUT2D eigenvalue weighted by Crippen LogP contribution is 2.39. The van der Waals surface area contributed by atoms with Crippen LogP contribution in [0.3, 0.4) is 0 Å². The summed E-state index contributed by atoms with van der Waals surface area (Å²) in [5.74, 6) is 1.10. The van der Waals surface area contributed by atoms with Gasteiger partial charge in [-0.25, -0.2) is 4.98 Å². The van der Waals surface area contributed by atoms with Crippen molar-refractivity contribution in [3.05, 3.63) is 34.1 Å². The number of aromatic nitrogens is 4. The van der Waals surface area contributed by atoms with Crippen LogP contribution >= 0.6 is 15.9 Å². The summed E-state index contributed by atoms with van der Waals surface area (Å²) in [7, 11) is 1.89. The van der Waals surface area contributed by atoms with E-state index in [0.29, 0.717) is 12.2 Å². The van der Waals surface area contributed by atoms with Crippen molar-refractivity contribution in [3.8, 4) is 6.07 Å². The largest absolute Gasteiger partial charge is 0.433 e. The van der Waals surface area contributed by atoms with E-state index in [1.54, 1.807) is 6.33 Å². The summed E-state index contributed by atoms with van der Waals surface area (Å²) in [5, 5.41) is 17.4. The van der Waals surface area contributed by atoms with Gasteiger partial charge in [0, 0.05) is 25.6 Å². The predicted octanol–water partition coefficient (Wildman–Crippen LogP) is 3.64. The maximum absolute atomic E-state index is 13.0. The second-order valence-corrected chi connectivity index (χ2v) is 7.12. The van der Waals surface area contributed by atoms with Crippen LogP contribution in [0.15, 0.2) is 17.0 Å². The van der Waals surface area contributed by atoms with Crippen molar-refractivity contribution < 1.29 is 13.2 Å². The van der Waals surface area contributed by atoms with Crippen molar-refractivity contribution in [1.82, 2.24) is 19.7 Å². The molecule has 3 heterocycles. The molecule has 26 heavy (non-hydrogen) atoms. The molecule has 3 rings (SSSR count). The minimum Gasteiger partial charge on any atom is -0.366 e. The van der Waals surface area contributed by atoms with Gasteiger partial charge in [-0.2, -0.15) is 18.4 Å². The van der Waals surface area contributed by atoms with Crippen molar-refractivity contribution >= 4 is 21.6 Å². The number of piperidine rings is 1. The molecule has 0 radical (unpaired) electrons. The Kier molecular flexibility index (Phi) is 4.92. The van der Waals surface area contributed by atoms with E-state index in [4.69, 9.17) is 0 Å². The maximum atomic E-state index is 13.0. The molecule has 1 saturated heterocycles. The van der Waals surface area contributed by atoms with E-state index in [1.807, 2.05) is 29.5 Å². The number of rotatable bonds is 2. The zero-order valence-electron chi connectivity index (χ0n) is 14.1. The lowest BCUT2D eigenvalue weighted by molar-refractivity contribution is -0.141. The van der Waals surface area contributed by atoms with Crippen LogP contribution in [-0.4, -0.2) is 32.3 Å². The second kappa shape index (κ2) is 6.87. The van der Waals surface area contributed by atoms with Crippen LogP contribution in [0.5, 0.6) is 0 Å². The zero-order valence-corrected chi connectivity index (χ0v) is 15.7. The van der Waals surface area contributed by atoms with Gasteiger partial charge in [0.1, 0.15) is 28.5 Å². The number of hydrogen-bond acceptors (Lipinski definition) is 5. The van der Waals surface area contributed by atoms with E-state index in [1.165, 1.54) is 0 Å². The van der Waals surface area contributed by atoms with E-state index in [0.717, 1.165) is 24.7 Å². The average Bonchev–Trinajstić information content (AvgIpc) is 2.99. The first-order valence-electron chi connectivity index (χ1n) is 8.00. The Hall–Kier alpha value is -2.15. The van der Waals surface area contributed by atoms with E-state index in [9.17, 15) is 18.4 Å². The lowest BCUT2D eigenvalue weighted by Crippen LogP contribution is -2.41. The molecule has 0 saturated carbocycles. The molecular formula is C16H16BrF3N6. The minimum absolute atomic E-state index is 0.00684. The van der Waals surface area contributed by atoms with Crippen molar-refractivity contribution in [2.24, 2.45) is 7.05 Å². The molecule has 0 spiro atoms. The molecule has 0 N–H and O–H groups in total. The fourth-order valence-electron chi connectivity index (χ4n) is 3.41. The van der Waals surface area contributed by atoms with Gasteiger partial charge >= 0.3 is 6.18 Å². The molecule has 2 unspecified atom stereocenters. The molecular weight excluding hydrogens is 413 g/mol. The number of aryl methyl sites for hydroxylation is 1. The van der Waals surface area contributed by atoms with Crippen molar-refractivity contribution in [2.75, 3.05) is 11.4 Å². The standard InChI is InChI=1S/C16H16BrF3N6/c1-9-5-10(15-24-22-8-25(15)2)3-4-26(9)13-11(7-21)6-12(16(18,19)20)23-14(13)17/h6,8-10H,3-5H2,1-2H3. The summed E-state index contributed by atoms with van der Waals surface area (Å²) in [4.78, 5) is 5.55. The first kappa shape index (κ1) is 18.6. The zero-order chi connectivity index (χ0) is 19.1. The molecule has 6 nitrogen and oxygen atoms in total. The third kappa shape index (κ3) is 3.40. The van der Waals surface area contributed by atoms with Gasteiger partial charge in [-0.3, -0.25) is 0 Å². The van der Waals surface area contributed by atoms with Gasteiger partial charge in [-0.05, 0) is 41.8 Å². The summed E-state index contributed by atoms with van der Waals surface area (Å²) in [6.45, 7) is 2.56. The topological polar surface area (TPSA) is 70.6 Å². The molecule has 0 bridgehead atoms. The number of pyridine rings is 1. The SMILES string of the molecule is CC1CC(c2nncn2C)CCN1c1c(C#N)cc(C(F)(F)F)nc1Br. The van der Waals surface area contributed by atoms with Gasteiger partial charge in [0.25, 0.3) is 0 Å². The Labute approximate surface area is 156 Å². The molecule has 0 aromatic carbocycles. The third-order valence-electron chi connectivity index (χ3n) is 4.64. The van der Waals surface area contributed by atoms with Crippen LogP contribution in [0.4, 0.5) is 18.9 Å². The number of hydrogen-bond donors (Lipinski definition) is 0. The highest BCUT2D eigenvalue weighted by Gasteiger charge is 2.36. The quantitative estimate of drug-likeness (QED) is 0.682. The van der Waals surface area contributed by atoms with E-state index in [2.05, 4.69) is 31.1 Å². The molecule has 2 atom stereocenters. The molecule has 2 aromatic rings. The molecule has 1 aliphatic heterocycles. The van der Waals surface area contributed by atoms with Crippen molar-refractivity contribution in [3.63, 3.8) is 0 Å². The van der Waals surface area contributed by atoms with Crippen LogP contribution in [0.2, 0.25) is 0 Å². The summed E-state index contributed by atoms with van der Waals surface area (Å²) < 4.78 is 40.8. The average molecular weight is 429 g/mol. The Morgan fingerprint density at radius 2 is 2.12 bits per heavy atom. The number of anilines is 1. The fraction of sp³-hybridized carbons (Fsp3) is 0.500. The summed E-state index contributed by atoms with van der Waals surface area (Å²) in [5.41, 5.74) is -0.709. The molecule has 0 amide bonds. The third-order valence-corrected chi connectivity index (χ3v) is 5.19. The predicted molar refractivity (Wildman–Crippen MR) is 91.4 cm³/mol. The molecule has 2 aromatic heterocycles. The lowest BCUT2D eigenvalue weighted by Gasteiger charge is -2.39. The van der Waals surface area contributed by atoms with E-state index < -0.39 is 11.9 Å². The maximum Gasteiger partial charge on any atom is 0.433 e. The highest BCUT2D eigenvalue weighted by molar-refractivity contribution is 9.10. The smallest absolute Gasteiger partial charge is 0.366 e. The Balaban J connectivity index is 1.91. The van der Waals surface area contributed by atoms with Gasteiger partial charge in [-0.15, -0.1) is 10.2 Å². The number of halogens is 4. The molecule has 1 aliphatic rings. The van der Waals surface area contributed by atoms with Gasteiger partial charge in [0.2, 0.25) is 0 Å². The highest BCUT2D eigenvalue weighted by atomic mass is 79.9. The first-order chi connectivity index (χ1) is 12.2. The molecule has 1 fully saturated rings. The first-order valence-corrected chi connectivity index (χ1v) is 8.80. The van der Waals surface area contributed by atoms with Gasteiger partial charge < -0.3 is 9.47 Å². The minimum atomic E-state index is -4.60. The molecule has 10 heteroatoms. The normalized spacial score (nSPS) is 20.9. The molecule has 0 aliphatic carbocycles. The van der Waals surface area contributed by atoms with Crippen LogP contribution in [0.1, 0.15) is 42.8 Å². The fourth-order valence-corrected chi connectivity index (χ4v) is 4.04. The van der Waals surface area contributed by atoms with Crippen LogP contribution in [0.25, 0.3) is 0 Å². The summed E-state index contributed by atoms with van der Waals surface area (Å²) in [6, 6.07) is 2.69. The Morgan fingerprint density at radius 3 is 2.65 bits per heavy atom. The van der Waals surface area contributed by atoms with E-state index in [-0.39, 0.29) is 22.1 Å². The number of nitriles is 1. The van der Waals surface area contributed by atoms with Crippen LogP contribution in [-0.2, 0) is 13.2 Å². The molecule has 138 valence electrons. The summed E-state index contributed by atoms with van der Waals surface area (Å²) in [6.07, 6.45) is -1.44. The van der Waals surface area contributed by atoms with E-state index >= 15 is 0 Å². The van der Waals surface area contributed by atoms with Crippen molar-refractivity contribution in [2.45, 2.75) is 37.9 Å². The Morgan fingerprint density at radius 1 is 1.38 bits per heavy atom. The van der Waals surface area contributed by atoms with Crippen LogP contribution in [0, 0.1) is 11.3 Å². The van der Waals surface area contributed by atoms with Crippen LogP contribution < -0.4 is 4.90 Å². The Bertz CT molecular complexity index is 857. The monoisotopic (exact) mass is 428 g/mol. The van der Waals surface area contributed by atoms with Gasteiger partial charge in [-0.1, -0.05) is 0 Å². The lowest BCUT2D eigenvalue weighted by atomic mass is 9.90.